The molecule has 1 aliphatic rings. The molecular formula is C26H31N3O2. The zero-order valence-electron chi connectivity index (χ0n) is 18.7. The van der Waals surface area contributed by atoms with E-state index in [2.05, 4.69) is 6.92 Å². The number of hydrogen-bond donors (Lipinski definition) is 0. The maximum atomic E-state index is 13.6. The van der Waals surface area contributed by atoms with Crippen LogP contribution < -0.4 is 5.56 Å². The number of aryl methyl sites for hydroxylation is 1. The molecule has 0 radical (unpaired) electrons. The summed E-state index contributed by atoms with van der Waals surface area (Å²) in [6.45, 7) is 6.70. The highest BCUT2D eigenvalue weighted by Crippen LogP contribution is 2.32. The summed E-state index contributed by atoms with van der Waals surface area (Å²) in [5.41, 5.74) is 2.45. The summed E-state index contributed by atoms with van der Waals surface area (Å²) in [6.07, 6.45) is 4.85. The minimum atomic E-state index is -0.254. The third-order valence-corrected chi connectivity index (χ3v) is 6.45. The van der Waals surface area contributed by atoms with Crippen molar-refractivity contribution in [3.05, 3.63) is 70.3 Å². The fourth-order valence-electron chi connectivity index (χ4n) is 4.87. The molecule has 0 spiro atoms. The smallest absolute Gasteiger partial charge is 0.266 e. The molecule has 5 heteroatoms. The molecule has 5 nitrogen and oxygen atoms in total. The Kier molecular flexibility index (Phi) is 6.21. The van der Waals surface area contributed by atoms with Gasteiger partial charge in [-0.1, -0.05) is 44.0 Å². The van der Waals surface area contributed by atoms with Gasteiger partial charge >= 0.3 is 0 Å². The number of aromatic nitrogens is 2. The third-order valence-electron chi connectivity index (χ3n) is 6.45. The van der Waals surface area contributed by atoms with Crippen LogP contribution in [0.25, 0.3) is 16.6 Å². The molecule has 1 saturated carbocycles. The number of para-hydroxylation sites is 1. The van der Waals surface area contributed by atoms with Gasteiger partial charge in [-0.25, -0.2) is 4.98 Å². The normalized spacial score (nSPS) is 15.3. The van der Waals surface area contributed by atoms with Crippen molar-refractivity contribution in [1.29, 1.82) is 0 Å². The molecule has 3 aromatic rings. The quantitative estimate of drug-likeness (QED) is 0.555. The van der Waals surface area contributed by atoms with E-state index in [0.717, 1.165) is 36.9 Å². The van der Waals surface area contributed by atoms with E-state index in [1.807, 2.05) is 67.3 Å². The van der Waals surface area contributed by atoms with Crippen molar-refractivity contribution in [2.75, 3.05) is 6.54 Å². The van der Waals surface area contributed by atoms with E-state index in [-0.39, 0.29) is 23.4 Å². The Morgan fingerprint density at radius 2 is 1.87 bits per heavy atom. The summed E-state index contributed by atoms with van der Waals surface area (Å²) >= 11 is 0. The number of carbonyl (C=O) groups is 1. The highest BCUT2D eigenvalue weighted by molar-refractivity contribution is 5.80. The van der Waals surface area contributed by atoms with Crippen LogP contribution in [0.15, 0.2) is 53.3 Å². The van der Waals surface area contributed by atoms with Gasteiger partial charge in [-0.3, -0.25) is 14.2 Å². The Hall–Kier alpha value is -2.95. The number of benzene rings is 2. The topological polar surface area (TPSA) is 55.2 Å². The van der Waals surface area contributed by atoms with Crippen molar-refractivity contribution in [1.82, 2.24) is 14.5 Å². The van der Waals surface area contributed by atoms with E-state index in [4.69, 9.17) is 4.98 Å². The van der Waals surface area contributed by atoms with E-state index in [0.29, 0.717) is 29.7 Å². The van der Waals surface area contributed by atoms with Crippen molar-refractivity contribution in [2.24, 2.45) is 5.92 Å². The molecular weight excluding hydrogens is 386 g/mol. The molecule has 1 heterocycles. The molecule has 1 aromatic heterocycles. The molecule has 0 bridgehead atoms. The largest absolute Gasteiger partial charge is 0.333 e. The number of carbonyl (C=O) groups excluding carboxylic acids is 1. The summed E-state index contributed by atoms with van der Waals surface area (Å²) in [6, 6.07) is 15.1. The lowest BCUT2D eigenvalue weighted by atomic mass is 10.0. The first kappa shape index (κ1) is 21.3. The monoisotopic (exact) mass is 417 g/mol. The Morgan fingerprint density at radius 3 is 2.55 bits per heavy atom. The summed E-state index contributed by atoms with van der Waals surface area (Å²) in [4.78, 5) is 34.0. The highest BCUT2D eigenvalue weighted by Gasteiger charge is 2.33. The Morgan fingerprint density at radius 1 is 1.13 bits per heavy atom. The van der Waals surface area contributed by atoms with Gasteiger partial charge in [0.1, 0.15) is 5.82 Å². The highest BCUT2D eigenvalue weighted by atomic mass is 16.2. The standard InChI is InChI=1S/C26H31N3O2/c1-4-23(28(5-2)25(30)19-12-6-7-13-19)24-27-22-16-9-8-15-21(22)26(31)29(24)20-14-10-11-18(3)17-20/h8-11,14-17,19,23H,4-7,12-13H2,1-3H3. The first-order valence-electron chi connectivity index (χ1n) is 11.4. The lowest BCUT2D eigenvalue weighted by Crippen LogP contribution is -2.41. The average molecular weight is 418 g/mol. The molecule has 0 aliphatic heterocycles. The van der Waals surface area contributed by atoms with Gasteiger partial charge in [0.05, 0.1) is 22.6 Å². The Bertz CT molecular complexity index is 1140. The molecule has 0 saturated heterocycles. The van der Waals surface area contributed by atoms with Crippen molar-refractivity contribution in [3.63, 3.8) is 0 Å². The van der Waals surface area contributed by atoms with Crippen molar-refractivity contribution in [2.45, 2.75) is 58.9 Å². The van der Waals surface area contributed by atoms with Crippen molar-refractivity contribution < 1.29 is 4.79 Å². The molecule has 1 aliphatic carbocycles. The van der Waals surface area contributed by atoms with Gasteiger partial charge in [0.25, 0.3) is 5.56 Å². The molecule has 1 atom stereocenters. The van der Waals surface area contributed by atoms with Crippen LogP contribution in [0.3, 0.4) is 0 Å². The summed E-state index contributed by atoms with van der Waals surface area (Å²) in [7, 11) is 0. The minimum absolute atomic E-state index is 0.0889. The minimum Gasteiger partial charge on any atom is -0.333 e. The summed E-state index contributed by atoms with van der Waals surface area (Å²) < 4.78 is 1.72. The first-order chi connectivity index (χ1) is 15.0. The van der Waals surface area contributed by atoms with Gasteiger partial charge in [0.15, 0.2) is 0 Å². The van der Waals surface area contributed by atoms with E-state index in [9.17, 15) is 9.59 Å². The lowest BCUT2D eigenvalue weighted by molar-refractivity contribution is -0.138. The fourth-order valence-corrected chi connectivity index (χ4v) is 4.87. The maximum absolute atomic E-state index is 13.6. The van der Waals surface area contributed by atoms with Gasteiger partial charge in [-0.05, 0) is 62.9 Å². The first-order valence-corrected chi connectivity index (χ1v) is 11.4. The molecule has 2 aromatic carbocycles. The predicted molar refractivity (Wildman–Crippen MR) is 124 cm³/mol. The molecule has 31 heavy (non-hydrogen) atoms. The second kappa shape index (κ2) is 9.04. The maximum Gasteiger partial charge on any atom is 0.266 e. The van der Waals surface area contributed by atoms with E-state index in [1.54, 1.807) is 4.57 Å². The number of rotatable bonds is 6. The van der Waals surface area contributed by atoms with Crippen LogP contribution >= 0.6 is 0 Å². The van der Waals surface area contributed by atoms with Crippen molar-refractivity contribution in [3.8, 4) is 5.69 Å². The van der Waals surface area contributed by atoms with Gasteiger partial charge in [0, 0.05) is 12.5 Å². The lowest BCUT2D eigenvalue weighted by Gasteiger charge is -2.33. The number of amides is 1. The second-order valence-corrected chi connectivity index (χ2v) is 8.50. The second-order valence-electron chi connectivity index (χ2n) is 8.50. The van der Waals surface area contributed by atoms with Crippen LogP contribution in [0.4, 0.5) is 0 Å². The van der Waals surface area contributed by atoms with Crippen LogP contribution in [-0.4, -0.2) is 26.9 Å². The van der Waals surface area contributed by atoms with E-state index in [1.165, 1.54) is 0 Å². The summed E-state index contributed by atoms with van der Waals surface area (Å²) in [5, 5.41) is 0.591. The SMILES string of the molecule is CCC(c1nc2ccccc2c(=O)n1-c1cccc(C)c1)N(CC)C(=O)C1CCCC1. The van der Waals surface area contributed by atoms with Crippen LogP contribution in [-0.2, 0) is 4.79 Å². The molecule has 162 valence electrons. The van der Waals surface area contributed by atoms with Crippen molar-refractivity contribution >= 4 is 16.8 Å². The van der Waals surface area contributed by atoms with E-state index < -0.39 is 0 Å². The Balaban J connectivity index is 1.92. The molecule has 1 fully saturated rings. The average Bonchev–Trinajstić information content (AvgIpc) is 3.32. The fraction of sp³-hybridized carbons (Fsp3) is 0.423. The van der Waals surface area contributed by atoms with Gasteiger partial charge in [0.2, 0.25) is 5.91 Å². The Labute approximate surface area is 183 Å². The zero-order valence-corrected chi connectivity index (χ0v) is 18.7. The summed E-state index contributed by atoms with van der Waals surface area (Å²) in [5.74, 6) is 0.934. The zero-order chi connectivity index (χ0) is 22.0. The van der Waals surface area contributed by atoms with Crippen LogP contribution in [0.5, 0.6) is 0 Å². The van der Waals surface area contributed by atoms with Crippen LogP contribution in [0.2, 0.25) is 0 Å². The number of hydrogen-bond acceptors (Lipinski definition) is 3. The predicted octanol–water partition coefficient (Wildman–Crippen LogP) is 5.18. The van der Waals surface area contributed by atoms with E-state index >= 15 is 0 Å². The van der Waals surface area contributed by atoms with Gasteiger partial charge in [-0.15, -0.1) is 0 Å². The molecule has 0 N–H and O–H groups in total. The molecule has 1 amide bonds. The number of nitrogens with zero attached hydrogens (tertiary/aromatic N) is 3. The third kappa shape index (κ3) is 4.01. The van der Waals surface area contributed by atoms with Crippen LogP contribution in [0, 0.1) is 12.8 Å². The van der Waals surface area contributed by atoms with Crippen LogP contribution in [0.1, 0.15) is 63.4 Å². The van der Waals surface area contributed by atoms with Gasteiger partial charge in [-0.2, -0.15) is 0 Å². The molecule has 4 rings (SSSR count). The van der Waals surface area contributed by atoms with Gasteiger partial charge < -0.3 is 4.90 Å². The number of fused-ring (bicyclic) bond motifs is 1. The molecule has 1 unspecified atom stereocenters.